The van der Waals surface area contributed by atoms with E-state index in [1.807, 2.05) is 32.0 Å². The van der Waals surface area contributed by atoms with Crippen LogP contribution in [0, 0.1) is 13.8 Å². The minimum absolute atomic E-state index is 0.0526. The number of nitrogens with zero attached hydrogens (tertiary/aromatic N) is 1. The molecule has 3 atom stereocenters. The molecule has 25 heavy (non-hydrogen) atoms. The minimum Gasteiger partial charge on any atom is -0.376 e. The first-order chi connectivity index (χ1) is 12.1. The van der Waals surface area contributed by atoms with E-state index in [1.165, 1.54) is 0 Å². The van der Waals surface area contributed by atoms with Crippen molar-refractivity contribution in [3.05, 3.63) is 52.8 Å². The molecule has 2 aromatic rings. The lowest BCUT2D eigenvalue weighted by Crippen LogP contribution is -2.36. The number of carbonyl (C=O) groups is 1. The van der Waals surface area contributed by atoms with Crippen LogP contribution in [-0.4, -0.2) is 28.8 Å². The van der Waals surface area contributed by atoms with Gasteiger partial charge in [-0.15, -0.1) is 0 Å². The fraction of sp³-hybridized carbons (Fsp3) is 0.500. The van der Waals surface area contributed by atoms with Gasteiger partial charge >= 0.3 is 0 Å². The Kier molecular flexibility index (Phi) is 5.53. The van der Waals surface area contributed by atoms with Crippen molar-refractivity contribution >= 4 is 5.91 Å². The zero-order valence-electron chi connectivity index (χ0n) is 15.2. The molecule has 0 bridgehead atoms. The van der Waals surface area contributed by atoms with Gasteiger partial charge in [0.15, 0.2) is 0 Å². The van der Waals surface area contributed by atoms with Gasteiger partial charge in [-0.3, -0.25) is 9.89 Å². The number of hydrogen-bond acceptors (Lipinski definition) is 3. The predicted octanol–water partition coefficient (Wildman–Crippen LogP) is 3.56. The molecule has 1 aliphatic rings. The number of H-pyrrole nitrogens is 1. The number of hydrogen-bond donors (Lipinski definition) is 2. The number of benzene rings is 1. The molecule has 1 aliphatic heterocycles. The highest BCUT2D eigenvalue weighted by Crippen LogP contribution is 2.28. The van der Waals surface area contributed by atoms with E-state index in [0.717, 1.165) is 42.0 Å². The molecule has 1 amide bonds. The second-order valence-corrected chi connectivity index (χ2v) is 6.96. The Labute approximate surface area is 149 Å². The summed E-state index contributed by atoms with van der Waals surface area (Å²) in [6.45, 7) is 6.83. The predicted molar refractivity (Wildman–Crippen MR) is 97.4 cm³/mol. The average Bonchev–Trinajstić information content (AvgIpc) is 3.23. The van der Waals surface area contributed by atoms with Crippen LogP contribution in [0.5, 0.6) is 0 Å². The smallest absolute Gasteiger partial charge is 0.221 e. The van der Waals surface area contributed by atoms with Gasteiger partial charge < -0.3 is 10.1 Å². The van der Waals surface area contributed by atoms with Crippen molar-refractivity contribution in [1.82, 2.24) is 15.5 Å². The third-order valence-electron chi connectivity index (χ3n) is 4.98. The fourth-order valence-corrected chi connectivity index (χ4v) is 3.81. The summed E-state index contributed by atoms with van der Waals surface area (Å²) < 4.78 is 5.86. The summed E-state index contributed by atoms with van der Waals surface area (Å²) >= 11 is 0. The Morgan fingerprint density at radius 3 is 2.72 bits per heavy atom. The maximum Gasteiger partial charge on any atom is 0.221 e. The highest BCUT2D eigenvalue weighted by atomic mass is 16.5. The number of ether oxygens (including phenoxy) is 1. The summed E-state index contributed by atoms with van der Waals surface area (Å²) in [7, 11) is 0. The maximum atomic E-state index is 12.7. The molecule has 1 saturated heterocycles. The first kappa shape index (κ1) is 17.7. The highest BCUT2D eigenvalue weighted by Gasteiger charge is 2.29. The van der Waals surface area contributed by atoms with E-state index in [-0.39, 0.29) is 24.0 Å². The molecule has 5 heteroatoms. The monoisotopic (exact) mass is 341 g/mol. The van der Waals surface area contributed by atoms with Gasteiger partial charge in [0.25, 0.3) is 0 Å². The zero-order valence-corrected chi connectivity index (χ0v) is 15.2. The lowest BCUT2D eigenvalue weighted by molar-refractivity contribution is -0.123. The summed E-state index contributed by atoms with van der Waals surface area (Å²) in [5.41, 5.74) is 4.25. The third kappa shape index (κ3) is 4.10. The Morgan fingerprint density at radius 1 is 1.36 bits per heavy atom. The lowest BCUT2D eigenvalue weighted by atomic mass is 9.94. The molecule has 0 aliphatic carbocycles. The molecular weight excluding hydrogens is 314 g/mol. The molecule has 134 valence electrons. The van der Waals surface area contributed by atoms with Gasteiger partial charge in [0.05, 0.1) is 17.8 Å². The van der Waals surface area contributed by atoms with Crippen LogP contribution in [0.1, 0.15) is 60.7 Å². The summed E-state index contributed by atoms with van der Waals surface area (Å²) in [5.74, 6) is 0.177. The maximum absolute atomic E-state index is 12.7. The molecule has 1 aromatic carbocycles. The Morgan fingerprint density at radius 2 is 2.12 bits per heavy atom. The molecule has 1 aromatic heterocycles. The van der Waals surface area contributed by atoms with E-state index in [1.54, 1.807) is 0 Å². The van der Waals surface area contributed by atoms with E-state index in [0.29, 0.717) is 6.42 Å². The normalized spacial score (nSPS) is 19.6. The molecule has 5 nitrogen and oxygen atoms in total. The minimum atomic E-state index is -0.0880. The quantitative estimate of drug-likeness (QED) is 0.844. The van der Waals surface area contributed by atoms with Crippen LogP contribution in [0.15, 0.2) is 30.3 Å². The van der Waals surface area contributed by atoms with E-state index in [2.05, 4.69) is 34.6 Å². The average molecular weight is 341 g/mol. The van der Waals surface area contributed by atoms with Gasteiger partial charge in [-0.05, 0) is 43.7 Å². The van der Waals surface area contributed by atoms with Crippen molar-refractivity contribution in [3.63, 3.8) is 0 Å². The van der Waals surface area contributed by atoms with E-state index >= 15 is 0 Å². The molecule has 1 fully saturated rings. The van der Waals surface area contributed by atoms with Crippen molar-refractivity contribution in [2.24, 2.45) is 0 Å². The van der Waals surface area contributed by atoms with Crippen molar-refractivity contribution in [3.8, 4) is 0 Å². The van der Waals surface area contributed by atoms with Crippen LogP contribution in [0.2, 0.25) is 0 Å². The number of aryl methyl sites for hydroxylation is 2. The van der Waals surface area contributed by atoms with Crippen LogP contribution in [-0.2, 0) is 9.53 Å². The van der Waals surface area contributed by atoms with Crippen molar-refractivity contribution < 1.29 is 9.53 Å². The summed E-state index contributed by atoms with van der Waals surface area (Å²) in [5, 5.41) is 10.5. The lowest BCUT2D eigenvalue weighted by Gasteiger charge is -2.25. The zero-order chi connectivity index (χ0) is 17.8. The molecule has 3 rings (SSSR count). The molecule has 0 saturated carbocycles. The van der Waals surface area contributed by atoms with Gasteiger partial charge in [-0.1, -0.05) is 37.3 Å². The largest absolute Gasteiger partial charge is 0.376 e. The number of carbonyl (C=O) groups excluding carboxylic acids is 1. The number of aromatic amines is 1. The van der Waals surface area contributed by atoms with E-state index in [9.17, 15) is 4.79 Å². The molecule has 2 heterocycles. The number of amides is 1. The Hall–Kier alpha value is -2.14. The molecular formula is C20H27N3O2. The molecule has 0 unspecified atom stereocenters. The number of aromatic nitrogens is 2. The standard InChI is InChI=1S/C20H27N3O2/c1-13(19-14(2)22-23-15(19)3)12-18(24)21-20(17-10-7-11-25-17)16-8-5-4-6-9-16/h4-6,8-9,13,17,20H,7,10-12H2,1-3H3,(H,21,24)(H,22,23)/t13-,17-,20+/m1/s1. The SMILES string of the molecule is Cc1n[nH]c(C)c1[C@H](C)CC(=O)N[C@@H](c1ccccc1)[C@H]1CCCO1. The van der Waals surface area contributed by atoms with Gasteiger partial charge in [0, 0.05) is 18.7 Å². The summed E-state index contributed by atoms with van der Waals surface area (Å²) in [6.07, 6.45) is 2.53. The van der Waals surface area contributed by atoms with E-state index in [4.69, 9.17) is 4.74 Å². The van der Waals surface area contributed by atoms with Crippen LogP contribution in [0.25, 0.3) is 0 Å². The van der Waals surface area contributed by atoms with Crippen molar-refractivity contribution in [1.29, 1.82) is 0 Å². The topological polar surface area (TPSA) is 67.0 Å². The molecule has 0 radical (unpaired) electrons. The van der Waals surface area contributed by atoms with E-state index < -0.39 is 0 Å². The van der Waals surface area contributed by atoms with Crippen molar-refractivity contribution in [2.45, 2.75) is 58.1 Å². The van der Waals surface area contributed by atoms with Gasteiger partial charge in [0.2, 0.25) is 5.91 Å². The number of rotatable bonds is 6. The molecule has 0 spiro atoms. The highest BCUT2D eigenvalue weighted by molar-refractivity contribution is 5.77. The number of nitrogens with one attached hydrogen (secondary N) is 2. The van der Waals surface area contributed by atoms with Gasteiger partial charge in [-0.25, -0.2) is 0 Å². The molecule has 2 N–H and O–H groups in total. The first-order valence-corrected chi connectivity index (χ1v) is 9.03. The summed E-state index contributed by atoms with van der Waals surface area (Å²) in [6, 6.07) is 10.0. The first-order valence-electron chi connectivity index (χ1n) is 9.03. The Balaban J connectivity index is 1.70. The Bertz CT molecular complexity index is 685. The van der Waals surface area contributed by atoms with Gasteiger partial charge in [-0.2, -0.15) is 5.10 Å². The fourth-order valence-electron chi connectivity index (χ4n) is 3.81. The summed E-state index contributed by atoms with van der Waals surface area (Å²) in [4.78, 5) is 12.7. The van der Waals surface area contributed by atoms with Crippen LogP contribution >= 0.6 is 0 Å². The van der Waals surface area contributed by atoms with Crippen molar-refractivity contribution in [2.75, 3.05) is 6.61 Å². The van der Waals surface area contributed by atoms with Gasteiger partial charge in [0.1, 0.15) is 0 Å². The third-order valence-corrected chi connectivity index (χ3v) is 4.98. The second kappa shape index (κ2) is 7.83. The van der Waals surface area contributed by atoms with Crippen LogP contribution in [0.4, 0.5) is 0 Å². The van der Waals surface area contributed by atoms with Crippen LogP contribution < -0.4 is 5.32 Å². The second-order valence-electron chi connectivity index (χ2n) is 6.96. The van der Waals surface area contributed by atoms with Crippen LogP contribution in [0.3, 0.4) is 0 Å².